The maximum Gasteiger partial charge on any atom is 0.418 e. The predicted molar refractivity (Wildman–Crippen MR) is 173 cm³/mol. The van der Waals surface area contributed by atoms with Crippen LogP contribution in [0.25, 0.3) is 11.0 Å². The van der Waals surface area contributed by atoms with Gasteiger partial charge in [0.25, 0.3) is 11.8 Å². The van der Waals surface area contributed by atoms with E-state index in [0.717, 1.165) is 12.1 Å². The minimum absolute atomic E-state index is 0.0259. The fraction of sp³-hybridized carbons (Fsp3) is 0.394. The lowest BCUT2D eigenvalue weighted by molar-refractivity contribution is -0.138. The van der Waals surface area contributed by atoms with E-state index in [1.54, 1.807) is 50.6 Å². The lowest BCUT2D eigenvalue weighted by atomic mass is 9.95. The van der Waals surface area contributed by atoms with Crippen LogP contribution in [0.5, 0.6) is 0 Å². The maximum absolute atomic E-state index is 14.3. The van der Waals surface area contributed by atoms with Crippen LogP contribution < -0.4 is 15.5 Å². The molecule has 256 valence electrons. The molecule has 0 unspecified atom stereocenters. The number of nitrogens with zero attached hydrogens (tertiary/aromatic N) is 4. The second-order valence-corrected chi connectivity index (χ2v) is 13.5. The van der Waals surface area contributed by atoms with Gasteiger partial charge in [0.15, 0.2) is 0 Å². The van der Waals surface area contributed by atoms with Crippen LogP contribution in [0.15, 0.2) is 42.6 Å². The first kappa shape index (κ1) is 35.3. The first-order valence-electron chi connectivity index (χ1n) is 15.0. The van der Waals surface area contributed by atoms with Crippen molar-refractivity contribution >= 4 is 51.7 Å². The number of rotatable bonds is 8. The van der Waals surface area contributed by atoms with Crippen molar-refractivity contribution < 1.29 is 31.5 Å². The molecule has 0 saturated carbocycles. The fourth-order valence-electron chi connectivity index (χ4n) is 5.46. The number of fused-ring (bicyclic) bond motifs is 1. The molecule has 0 radical (unpaired) electrons. The highest BCUT2D eigenvalue weighted by atomic mass is 35.5. The summed E-state index contributed by atoms with van der Waals surface area (Å²) in [5, 5.41) is 6.05. The zero-order valence-corrected chi connectivity index (χ0v) is 28.0. The summed E-state index contributed by atoms with van der Waals surface area (Å²) in [6.07, 6.45) is -3.76. The fourth-order valence-corrected chi connectivity index (χ4v) is 6.03. The minimum atomic E-state index is -4.68. The van der Waals surface area contributed by atoms with E-state index in [0.29, 0.717) is 38.0 Å². The number of carbonyl (C=O) groups excluding carboxylic acids is 2. The normalized spacial score (nSPS) is 14.9. The summed E-state index contributed by atoms with van der Waals surface area (Å²) < 4.78 is 70.9. The van der Waals surface area contributed by atoms with Crippen LogP contribution in [-0.4, -0.2) is 45.4 Å². The van der Waals surface area contributed by atoms with Gasteiger partial charge in [0.2, 0.25) is 5.91 Å². The van der Waals surface area contributed by atoms with Crippen LogP contribution in [0.2, 0.25) is 10.0 Å². The molecule has 0 atom stereocenters. The SMILES string of the molecule is Cn1c(Cc2c(Cl)ccc(CNC(=O)C(C)(C)C)c2Cl)nc2cc(C(=O)NCc3ncccc3C(F)(F)F)c(N3CCC(F)(F)C3)cc21. The van der Waals surface area contributed by atoms with Gasteiger partial charge < -0.3 is 20.1 Å². The molecule has 0 bridgehead atoms. The number of pyridine rings is 1. The Balaban J connectivity index is 1.49. The first-order chi connectivity index (χ1) is 22.4. The lowest BCUT2D eigenvalue weighted by Crippen LogP contribution is -2.34. The number of hydrogen-bond donors (Lipinski definition) is 2. The zero-order chi connectivity index (χ0) is 35.2. The second-order valence-electron chi connectivity index (χ2n) is 12.8. The number of aryl methyl sites for hydroxylation is 1. The number of aromatic nitrogens is 3. The molecule has 0 spiro atoms. The van der Waals surface area contributed by atoms with Gasteiger partial charge in [0, 0.05) is 49.6 Å². The summed E-state index contributed by atoms with van der Waals surface area (Å²) in [5.74, 6) is -3.43. The highest BCUT2D eigenvalue weighted by Gasteiger charge is 2.40. The molecule has 15 heteroatoms. The van der Waals surface area contributed by atoms with E-state index in [9.17, 15) is 31.5 Å². The van der Waals surface area contributed by atoms with Crippen LogP contribution in [-0.2, 0) is 37.5 Å². The van der Waals surface area contributed by atoms with Crippen LogP contribution >= 0.6 is 23.2 Å². The molecule has 8 nitrogen and oxygen atoms in total. The lowest BCUT2D eigenvalue weighted by Gasteiger charge is -2.22. The van der Waals surface area contributed by atoms with Gasteiger partial charge in [-0.05, 0) is 41.5 Å². The Bertz CT molecular complexity index is 1890. The van der Waals surface area contributed by atoms with Gasteiger partial charge in [0.1, 0.15) is 5.82 Å². The zero-order valence-electron chi connectivity index (χ0n) is 26.5. The molecule has 2 aromatic heterocycles. The maximum atomic E-state index is 14.3. The molecule has 1 fully saturated rings. The molecular formula is C33H33Cl2F5N6O2. The van der Waals surface area contributed by atoms with Crippen LogP contribution in [0, 0.1) is 5.41 Å². The Morgan fingerprint density at radius 1 is 1.04 bits per heavy atom. The van der Waals surface area contributed by atoms with Crippen molar-refractivity contribution in [2.24, 2.45) is 12.5 Å². The van der Waals surface area contributed by atoms with Crippen molar-refractivity contribution in [1.29, 1.82) is 0 Å². The van der Waals surface area contributed by atoms with E-state index in [1.807, 2.05) is 0 Å². The minimum Gasteiger partial charge on any atom is -0.365 e. The van der Waals surface area contributed by atoms with E-state index >= 15 is 0 Å². The van der Waals surface area contributed by atoms with Crippen LogP contribution in [0.1, 0.15) is 65.8 Å². The van der Waals surface area contributed by atoms with Crippen molar-refractivity contribution in [2.75, 3.05) is 18.0 Å². The van der Waals surface area contributed by atoms with Crippen molar-refractivity contribution in [1.82, 2.24) is 25.2 Å². The van der Waals surface area contributed by atoms with Crippen molar-refractivity contribution in [3.05, 3.63) is 86.4 Å². The monoisotopic (exact) mass is 710 g/mol. The number of anilines is 1. The number of hydrogen-bond acceptors (Lipinski definition) is 5. The standard InChI is InChI=1S/C33H33Cl2F5N6O2/c1-31(2,3)30(48)43-15-18-7-8-22(34)19(28(18)35)13-27-44-23-12-20(25(14-26(23)45(27)4)46-11-9-32(36,37)17-46)29(47)42-16-24-21(33(38,39)40)6-5-10-41-24/h5-8,10,12,14H,9,11,13,15-17H2,1-4H3,(H,42,47)(H,43,48). The second kappa shape index (κ2) is 13.1. The molecule has 0 aliphatic carbocycles. The number of halogens is 7. The topological polar surface area (TPSA) is 92.1 Å². The molecule has 48 heavy (non-hydrogen) atoms. The average molecular weight is 712 g/mol. The van der Waals surface area contributed by atoms with Crippen molar-refractivity contribution in [2.45, 2.75) is 58.8 Å². The number of imidazole rings is 1. The third-order valence-corrected chi connectivity index (χ3v) is 9.00. The van der Waals surface area contributed by atoms with Gasteiger partial charge in [-0.3, -0.25) is 14.6 Å². The van der Waals surface area contributed by atoms with Gasteiger partial charge in [-0.1, -0.05) is 50.0 Å². The molecule has 2 N–H and O–H groups in total. The van der Waals surface area contributed by atoms with Gasteiger partial charge in [-0.25, -0.2) is 13.8 Å². The highest BCUT2D eigenvalue weighted by molar-refractivity contribution is 6.36. The number of alkyl halides is 5. The van der Waals surface area contributed by atoms with Gasteiger partial charge in [0.05, 0.1) is 51.7 Å². The largest absolute Gasteiger partial charge is 0.418 e. The summed E-state index contributed by atoms with van der Waals surface area (Å²) in [6.45, 7) is 4.35. The van der Waals surface area contributed by atoms with Crippen LogP contribution in [0.3, 0.4) is 0 Å². The Hall–Kier alpha value is -3.97. The Labute approximate surface area is 283 Å². The van der Waals surface area contributed by atoms with E-state index in [4.69, 9.17) is 28.2 Å². The van der Waals surface area contributed by atoms with Gasteiger partial charge >= 0.3 is 6.18 Å². The molecule has 5 rings (SSSR count). The van der Waals surface area contributed by atoms with Crippen molar-refractivity contribution in [3.63, 3.8) is 0 Å². The summed E-state index contributed by atoms with van der Waals surface area (Å²) in [5.41, 5.74) is 0.254. The van der Waals surface area contributed by atoms with Crippen molar-refractivity contribution in [3.8, 4) is 0 Å². The highest BCUT2D eigenvalue weighted by Crippen LogP contribution is 2.37. The van der Waals surface area contributed by atoms with Crippen LogP contribution in [0.4, 0.5) is 27.6 Å². The molecule has 3 heterocycles. The molecule has 1 aliphatic heterocycles. The molecule has 1 saturated heterocycles. The summed E-state index contributed by atoms with van der Waals surface area (Å²) in [6, 6.07) is 8.41. The quantitative estimate of drug-likeness (QED) is 0.187. The number of amides is 2. The third kappa shape index (κ3) is 7.52. The van der Waals surface area contributed by atoms with E-state index in [-0.39, 0.29) is 42.4 Å². The van der Waals surface area contributed by atoms with E-state index in [2.05, 4.69) is 15.6 Å². The predicted octanol–water partition coefficient (Wildman–Crippen LogP) is 7.32. The average Bonchev–Trinajstić information content (AvgIpc) is 3.53. The summed E-state index contributed by atoms with van der Waals surface area (Å²) in [7, 11) is 1.72. The van der Waals surface area contributed by atoms with E-state index < -0.39 is 48.5 Å². The summed E-state index contributed by atoms with van der Waals surface area (Å²) >= 11 is 13.3. The van der Waals surface area contributed by atoms with Gasteiger partial charge in [-0.2, -0.15) is 13.2 Å². The molecule has 2 aromatic carbocycles. The Morgan fingerprint density at radius 3 is 2.42 bits per heavy atom. The number of carbonyl (C=O) groups is 2. The number of benzene rings is 2. The Kier molecular flexibility index (Phi) is 9.68. The molecule has 1 aliphatic rings. The molecule has 4 aromatic rings. The first-order valence-corrected chi connectivity index (χ1v) is 15.8. The third-order valence-electron chi connectivity index (χ3n) is 8.18. The van der Waals surface area contributed by atoms with Gasteiger partial charge in [-0.15, -0.1) is 0 Å². The summed E-state index contributed by atoms with van der Waals surface area (Å²) in [4.78, 5) is 35.8. The van der Waals surface area contributed by atoms with E-state index in [1.165, 1.54) is 17.2 Å². The molecular weight excluding hydrogens is 678 g/mol. The Morgan fingerprint density at radius 2 is 1.77 bits per heavy atom. The number of nitrogens with one attached hydrogen (secondary N) is 2. The smallest absolute Gasteiger partial charge is 0.365 e. The molecule has 2 amide bonds.